The summed E-state index contributed by atoms with van der Waals surface area (Å²) in [7, 11) is -3.72. The number of amides is 1. The molecule has 0 radical (unpaired) electrons. The minimum atomic E-state index is -3.72. The highest BCUT2D eigenvalue weighted by Crippen LogP contribution is 2.31. The van der Waals surface area contributed by atoms with E-state index in [1.54, 1.807) is 23.9 Å². The molecule has 3 aromatic rings. The van der Waals surface area contributed by atoms with Gasteiger partial charge < -0.3 is 5.32 Å². The molecule has 7 nitrogen and oxygen atoms in total. The van der Waals surface area contributed by atoms with E-state index in [-0.39, 0.29) is 10.5 Å². The standard InChI is InChI=1S/C22H20N2O5S2/c1-14-4-5-15(2)21(10-14)30-19-8-6-17(7-9-19)23-22(25)16-11-18(24(26)27)13-20(12-16)31(3,28)29/h4-13H,1-3H3,(H,23,25). The van der Waals surface area contributed by atoms with Gasteiger partial charge in [0.2, 0.25) is 0 Å². The predicted octanol–water partition coefficient (Wildman–Crippen LogP) is 5.02. The van der Waals surface area contributed by atoms with Gasteiger partial charge in [0.1, 0.15) is 0 Å². The molecule has 0 spiro atoms. The van der Waals surface area contributed by atoms with E-state index in [9.17, 15) is 23.3 Å². The Morgan fingerprint density at radius 2 is 1.68 bits per heavy atom. The molecular weight excluding hydrogens is 436 g/mol. The maximum Gasteiger partial charge on any atom is 0.271 e. The number of carbonyl (C=O) groups is 1. The molecule has 0 aromatic heterocycles. The molecule has 0 unspecified atom stereocenters. The van der Waals surface area contributed by atoms with Gasteiger partial charge in [-0.2, -0.15) is 0 Å². The number of anilines is 1. The third kappa shape index (κ3) is 5.71. The Kier molecular flexibility index (Phi) is 6.47. The van der Waals surface area contributed by atoms with Gasteiger partial charge in [-0.1, -0.05) is 23.9 Å². The molecule has 3 rings (SSSR count). The van der Waals surface area contributed by atoms with Crippen LogP contribution in [-0.2, 0) is 9.84 Å². The summed E-state index contributed by atoms with van der Waals surface area (Å²) in [5.41, 5.74) is 2.25. The Morgan fingerprint density at radius 3 is 2.29 bits per heavy atom. The lowest BCUT2D eigenvalue weighted by Crippen LogP contribution is -2.13. The largest absolute Gasteiger partial charge is 0.322 e. The summed E-state index contributed by atoms with van der Waals surface area (Å²) in [6.07, 6.45) is 0.931. The predicted molar refractivity (Wildman–Crippen MR) is 121 cm³/mol. The van der Waals surface area contributed by atoms with Crippen molar-refractivity contribution in [2.24, 2.45) is 0 Å². The summed E-state index contributed by atoms with van der Waals surface area (Å²) in [5.74, 6) is -0.636. The van der Waals surface area contributed by atoms with Crippen molar-refractivity contribution in [3.63, 3.8) is 0 Å². The molecule has 0 aliphatic heterocycles. The third-order valence-corrected chi connectivity index (χ3v) is 6.74. The topological polar surface area (TPSA) is 106 Å². The molecule has 1 amide bonds. The van der Waals surface area contributed by atoms with Crippen LogP contribution in [0.1, 0.15) is 21.5 Å². The lowest BCUT2D eigenvalue weighted by atomic mass is 10.2. The number of sulfone groups is 1. The SMILES string of the molecule is Cc1ccc(C)c(Sc2ccc(NC(=O)c3cc([N+](=O)[O-])cc(S(C)(=O)=O)c3)cc2)c1. The van der Waals surface area contributed by atoms with E-state index in [0.717, 1.165) is 34.2 Å². The Balaban J connectivity index is 1.80. The first kappa shape index (κ1) is 22.5. The first-order valence-electron chi connectivity index (χ1n) is 9.19. The van der Waals surface area contributed by atoms with Crippen molar-refractivity contribution in [2.45, 2.75) is 28.5 Å². The molecule has 0 heterocycles. The van der Waals surface area contributed by atoms with E-state index in [2.05, 4.69) is 23.5 Å². The lowest BCUT2D eigenvalue weighted by Gasteiger charge is -2.09. The van der Waals surface area contributed by atoms with Crippen molar-refractivity contribution in [1.29, 1.82) is 0 Å². The molecule has 0 aliphatic rings. The number of benzene rings is 3. The van der Waals surface area contributed by atoms with E-state index in [4.69, 9.17) is 0 Å². The zero-order valence-electron chi connectivity index (χ0n) is 17.1. The number of hydrogen-bond donors (Lipinski definition) is 1. The molecular formula is C22H20N2O5S2. The second-order valence-electron chi connectivity index (χ2n) is 7.09. The molecule has 0 bridgehead atoms. The number of nitro benzene ring substituents is 1. The van der Waals surface area contributed by atoms with E-state index >= 15 is 0 Å². The molecule has 31 heavy (non-hydrogen) atoms. The van der Waals surface area contributed by atoms with Gasteiger partial charge in [0.25, 0.3) is 11.6 Å². The van der Waals surface area contributed by atoms with Crippen molar-refractivity contribution in [2.75, 3.05) is 11.6 Å². The average Bonchev–Trinajstić information content (AvgIpc) is 2.71. The monoisotopic (exact) mass is 456 g/mol. The highest BCUT2D eigenvalue weighted by molar-refractivity contribution is 7.99. The fraction of sp³-hybridized carbons (Fsp3) is 0.136. The fourth-order valence-electron chi connectivity index (χ4n) is 2.79. The van der Waals surface area contributed by atoms with Gasteiger partial charge in [0, 0.05) is 39.4 Å². The number of nitro groups is 1. The molecule has 0 aliphatic carbocycles. The number of carbonyl (C=O) groups excluding carboxylic acids is 1. The summed E-state index contributed by atoms with van der Waals surface area (Å²) >= 11 is 1.61. The quantitative estimate of drug-likeness (QED) is 0.412. The van der Waals surface area contributed by atoms with Crippen LogP contribution in [0.15, 0.2) is 75.4 Å². The van der Waals surface area contributed by atoms with E-state index in [1.807, 2.05) is 26.0 Å². The zero-order chi connectivity index (χ0) is 22.8. The Morgan fingerprint density at radius 1 is 1.00 bits per heavy atom. The zero-order valence-corrected chi connectivity index (χ0v) is 18.7. The van der Waals surface area contributed by atoms with Crippen LogP contribution in [0.4, 0.5) is 11.4 Å². The van der Waals surface area contributed by atoms with Crippen LogP contribution in [0.25, 0.3) is 0 Å². The van der Waals surface area contributed by atoms with Crippen molar-refractivity contribution in [3.8, 4) is 0 Å². The maximum atomic E-state index is 12.6. The van der Waals surface area contributed by atoms with Crippen molar-refractivity contribution in [1.82, 2.24) is 0 Å². The van der Waals surface area contributed by atoms with E-state index in [0.29, 0.717) is 5.69 Å². The molecule has 160 valence electrons. The molecule has 1 N–H and O–H groups in total. The smallest absolute Gasteiger partial charge is 0.271 e. The van der Waals surface area contributed by atoms with E-state index < -0.39 is 26.4 Å². The van der Waals surface area contributed by atoms with Crippen LogP contribution in [0.5, 0.6) is 0 Å². The molecule has 0 fully saturated rings. The summed E-state index contributed by atoms with van der Waals surface area (Å²) in [6.45, 7) is 4.07. The number of hydrogen-bond acceptors (Lipinski definition) is 6. The second kappa shape index (κ2) is 8.91. The first-order chi connectivity index (χ1) is 14.5. The Hall–Kier alpha value is -3.17. The third-order valence-electron chi connectivity index (χ3n) is 4.48. The van der Waals surface area contributed by atoms with Crippen LogP contribution in [-0.4, -0.2) is 25.5 Å². The molecule has 0 saturated heterocycles. The fourth-order valence-corrected chi connectivity index (χ4v) is 4.46. The lowest BCUT2D eigenvalue weighted by molar-refractivity contribution is -0.385. The van der Waals surface area contributed by atoms with Gasteiger partial charge in [-0.25, -0.2) is 8.42 Å². The van der Waals surface area contributed by atoms with Crippen LogP contribution >= 0.6 is 11.8 Å². The van der Waals surface area contributed by atoms with Crippen LogP contribution in [0, 0.1) is 24.0 Å². The van der Waals surface area contributed by atoms with Gasteiger partial charge in [0.05, 0.1) is 9.82 Å². The Bertz CT molecular complexity index is 1270. The van der Waals surface area contributed by atoms with Crippen molar-refractivity contribution >= 4 is 38.9 Å². The normalized spacial score (nSPS) is 11.2. The second-order valence-corrected chi connectivity index (χ2v) is 10.2. The van der Waals surface area contributed by atoms with Crippen LogP contribution < -0.4 is 5.32 Å². The average molecular weight is 457 g/mol. The summed E-state index contributed by atoms with van der Waals surface area (Å²) in [4.78, 5) is 24.8. The first-order valence-corrected chi connectivity index (χ1v) is 11.9. The summed E-state index contributed by atoms with van der Waals surface area (Å²) in [5, 5.41) is 13.8. The van der Waals surface area contributed by atoms with Crippen LogP contribution in [0.2, 0.25) is 0 Å². The van der Waals surface area contributed by atoms with Gasteiger partial charge in [-0.05, 0) is 61.4 Å². The van der Waals surface area contributed by atoms with E-state index in [1.165, 1.54) is 11.1 Å². The number of rotatable bonds is 6. The van der Waals surface area contributed by atoms with Crippen molar-refractivity contribution in [3.05, 3.63) is 87.5 Å². The minimum Gasteiger partial charge on any atom is -0.322 e. The van der Waals surface area contributed by atoms with Gasteiger partial charge >= 0.3 is 0 Å². The number of non-ortho nitro benzene ring substituents is 1. The van der Waals surface area contributed by atoms with Gasteiger partial charge in [0.15, 0.2) is 9.84 Å². The molecule has 3 aromatic carbocycles. The number of aryl methyl sites for hydroxylation is 2. The summed E-state index contributed by atoms with van der Waals surface area (Å²) in [6, 6.07) is 16.5. The highest BCUT2D eigenvalue weighted by atomic mass is 32.2. The van der Waals surface area contributed by atoms with Gasteiger partial charge in [-0.15, -0.1) is 0 Å². The van der Waals surface area contributed by atoms with Gasteiger partial charge in [-0.3, -0.25) is 14.9 Å². The molecule has 0 atom stereocenters. The molecule has 9 heteroatoms. The molecule has 0 saturated carbocycles. The highest BCUT2D eigenvalue weighted by Gasteiger charge is 2.19. The summed E-state index contributed by atoms with van der Waals surface area (Å²) < 4.78 is 23.6. The van der Waals surface area contributed by atoms with Crippen molar-refractivity contribution < 1.29 is 18.1 Å². The minimum absolute atomic E-state index is 0.108. The maximum absolute atomic E-state index is 12.6. The Labute approximate surface area is 184 Å². The van der Waals surface area contributed by atoms with Crippen LogP contribution in [0.3, 0.4) is 0 Å². The number of nitrogens with zero attached hydrogens (tertiary/aromatic N) is 1. The number of nitrogens with one attached hydrogen (secondary N) is 1.